The molecule has 0 aliphatic carbocycles. The number of nitrogens with zero attached hydrogens (tertiary/aromatic N) is 2. The Hall–Kier alpha value is -3.01. The molecule has 2 heterocycles. The first-order chi connectivity index (χ1) is 12.3. The Morgan fingerprint density at radius 1 is 1.15 bits per heavy atom. The molecule has 0 spiro atoms. The number of carbonyl (C=O) groups is 2. The third-order valence-corrected chi connectivity index (χ3v) is 4.84. The average molecular weight is 378 g/mol. The standard InChI is InChI=1S/C16H15FN4O4S/c17-13-4-1-11(2-5-13)9-15(22)18-19-16(23)12-3-6-14-20-26(24,25)8-7-21(14)10-12/h1-6,10H,7-9H2,(H,18,22)(H,19,23). The minimum Gasteiger partial charge on any atom is -0.330 e. The summed E-state index contributed by atoms with van der Waals surface area (Å²) in [4.78, 5) is 25.5. The zero-order valence-electron chi connectivity index (χ0n) is 13.5. The summed E-state index contributed by atoms with van der Waals surface area (Å²) < 4.78 is 39.3. The van der Waals surface area contributed by atoms with Gasteiger partial charge in [0.2, 0.25) is 5.91 Å². The highest BCUT2D eigenvalue weighted by Crippen LogP contribution is 2.15. The van der Waals surface area contributed by atoms with Crippen LogP contribution in [0.3, 0.4) is 0 Å². The first-order valence-corrected chi connectivity index (χ1v) is 9.26. The summed E-state index contributed by atoms with van der Waals surface area (Å²) in [5.41, 5.74) is 5.40. The third kappa shape index (κ3) is 4.33. The number of sulfonamides is 1. The van der Waals surface area contributed by atoms with Gasteiger partial charge in [0, 0.05) is 12.7 Å². The van der Waals surface area contributed by atoms with Gasteiger partial charge in [-0.2, -0.15) is 0 Å². The van der Waals surface area contributed by atoms with Crippen molar-refractivity contribution >= 4 is 27.7 Å². The number of nitrogens with one attached hydrogen (secondary N) is 2. The molecular formula is C16H15FN4O4S. The van der Waals surface area contributed by atoms with Crippen molar-refractivity contribution in [1.29, 1.82) is 0 Å². The van der Waals surface area contributed by atoms with Crippen molar-refractivity contribution in [2.24, 2.45) is 4.40 Å². The van der Waals surface area contributed by atoms with Crippen LogP contribution in [0.15, 0.2) is 52.6 Å². The van der Waals surface area contributed by atoms with Gasteiger partial charge in [0.25, 0.3) is 15.9 Å². The number of fused-ring (bicyclic) bond motifs is 1. The molecule has 2 N–H and O–H groups in total. The molecule has 0 saturated carbocycles. The lowest BCUT2D eigenvalue weighted by Gasteiger charge is -2.26. The molecule has 2 amide bonds. The lowest BCUT2D eigenvalue weighted by Crippen LogP contribution is -2.44. The second-order valence-electron chi connectivity index (χ2n) is 5.65. The Labute approximate surface area is 149 Å². The lowest BCUT2D eigenvalue weighted by molar-refractivity contribution is -0.126. The third-order valence-electron chi connectivity index (χ3n) is 3.68. The van der Waals surface area contributed by atoms with E-state index in [1.807, 2.05) is 0 Å². The van der Waals surface area contributed by atoms with E-state index in [2.05, 4.69) is 15.2 Å². The lowest BCUT2D eigenvalue weighted by atomic mass is 10.1. The Morgan fingerprint density at radius 3 is 2.62 bits per heavy atom. The van der Waals surface area contributed by atoms with Crippen LogP contribution >= 0.6 is 0 Å². The van der Waals surface area contributed by atoms with Crippen molar-refractivity contribution in [2.75, 3.05) is 12.3 Å². The average Bonchev–Trinajstić information content (AvgIpc) is 2.60. The molecule has 10 heteroatoms. The maximum Gasteiger partial charge on any atom is 0.271 e. The highest BCUT2D eigenvalue weighted by atomic mass is 32.2. The van der Waals surface area contributed by atoms with E-state index >= 15 is 0 Å². The van der Waals surface area contributed by atoms with E-state index < -0.39 is 27.7 Å². The molecule has 136 valence electrons. The molecule has 0 atom stereocenters. The molecule has 0 aromatic heterocycles. The van der Waals surface area contributed by atoms with Crippen molar-refractivity contribution in [1.82, 2.24) is 15.8 Å². The molecular weight excluding hydrogens is 363 g/mol. The predicted molar refractivity (Wildman–Crippen MR) is 91.5 cm³/mol. The van der Waals surface area contributed by atoms with E-state index in [1.165, 1.54) is 42.6 Å². The van der Waals surface area contributed by atoms with E-state index in [0.717, 1.165) is 0 Å². The largest absolute Gasteiger partial charge is 0.330 e. The van der Waals surface area contributed by atoms with Crippen LogP contribution in [0.4, 0.5) is 4.39 Å². The van der Waals surface area contributed by atoms with Crippen molar-refractivity contribution in [3.63, 3.8) is 0 Å². The van der Waals surface area contributed by atoms with Crippen molar-refractivity contribution < 1.29 is 22.4 Å². The molecule has 26 heavy (non-hydrogen) atoms. The first kappa shape index (κ1) is 17.8. The second kappa shape index (κ2) is 7.08. The summed E-state index contributed by atoms with van der Waals surface area (Å²) in [5, 5.41) is 0. The fraction of sp³-hybridized carbons (Fsp3) is 0.188. The minimum atomic E-state index is -3.46. The predicted octanol–water partition coefficient (Wildman–Crippen LogP) is 0.0132. The van der Waals surface area contributed by atoms with Crippen LogP contribution in [0.2, 0.25) is 0 Å². The van der Waals surface area contributed by atoms with Crippen molar-refractivity contribution in [3.8, 4) is 0 Å². The van der Waals surface area contributed by atoms with E-state index in [9.17, 15) is 22.4 Å². The van der Waals surface area contributed by atoms with Crippen LogP contribution < -0.4 is 10.9 Å². The summed E-state index contributed by atoms with van der Waals surface area (Å²) in [7, 11) is -3.46. The second-order valence-corrected chi connectivity index (χ2v) is 7.41. The molecule has 2 aliphatic heterocycles. The Balaban J connectivity index is 1.56. The Morgan fingerprint density at radius 2 is 1.88 bits per heavy atom. The number of halogens is 1. The Kier molecular flexibility index (Phi) is 4.85. The fourth-order valence-corrected chi connectivity index (χ4v) is 3.34. The van der Waals surface area contributed by atoms with Gasteiger partial charge in [-0.05, 0) is 29.8 Å². The quantitative estimate of drug-likeness (QED) is 0.721. The van der Waals surface area contributed by atoms with E-state index in [0.29, 0.717) is 5.56 Å². The van der Waals surface area contributed by atoms with Gasteiger partial charge in [0.05, 0.1) is 17.7 Å². The molecule has 1 aromatic carbocycles. The molecule has 3 rings (SSSR count). The maximum atomic E-state index is 12.8. The van der Waals surface area contributed by atoms with Gasteiger partial charge >= 0.3 is 0 Å². The number of rotatable bonds is 3. The molecule has 0 unspecified atom stereocenters. The smallest absolute Gasteiger partial charge is 0.271 e. The summed E-state index contributed by atoms with van der Waals surface area (Å²) in [6.45, 7) is 0.194. The molecule has 0 bridgehead atoms. The SMILES string of the molecule is O=C(Cc1ccc(F)cc1)NNC(=O)C1=CN2CCS(=O)(=O)N=C2C=C1. The fourth-order valence-electron chi connectivity index (χ4n) is 2.37. The normalized spacial score (nSPS) is 17.7. The van der Waals surface area contributed by atoms with E-state index in [4.69, 9.17) is 0 Å². The van der Waals surface area contributed by atoms with Gasteiger partial charge in [-0.25, -0.2) is 12.8 Å². The highest BCUT2D eigenvalue weighted by Gasteiger charge is 2.25. The van der Waals surface area contributed by atoms with E-state index in [1.54, 1.807) is 4.90 Å². The number of amidine groups is 1. The zero-order valence-corrected chi connectivity index (χ0v) is 14.3. The van der Waals surface area contributed by atoms with Crippen LogP contribution in [0.5, 0.6) is 0 Å². The summed E-state index contributed by atoms with van der Waals surface area (Å²) in [5.74, 6) is -1.30. The van der Waals surface area contributed by atoms with Gasteiger partial charge in [0.1, 0.15) is 11.7 Å². The summed E-state index contributed by atoms with van der Waals surface area (Å²) >= 11 is 0. The molecule has 0 radical (unpaired) electrons. The zero-order chi connectivity index (χ0) is 18.7. The number of benzene rings is 1. The van der Waals surface area contributed by atoms with Gasteiger partial charge < -0.3 is 4.90 Å². The number of carbonyl (C=O) groups excluding carboxylic acids is 2. The van der Waals surface area contributed by atoms with Crippen molar-refractivity contribution in [3.05, 3.63) is 59.6 Å². The summed E-state index contributed by atoms with van der Waals surface area (Å²) in [6.07, 6.45) is 4.29. The monoisotopic (exact) mass is 378 g/mol. The first-order valence-electron chi connectivity index (χ1n) is 7.65. The van der Waals surface area contributed by atoms with Gasteiger partial charge in [-0.3, -0.25) is 20.4 Å². The topological polar surface area (TPSA) is 108 Å². The molecule has 0 fully saturated rings. The molecule has 2 aliphatic rings. The maximum absolute atomic E-state index is 12.8. The number of amides is 2. The highest BCUT2D eigenvalue weighted by molar-refractivity contribution is 7.90. The van der Waals surface area contributed by atoms with Crippen LogP contribution in [-0.4, -0.2) is 43.3 Å². The van der Waals surface area contributed by atoms with Gasteiger partial charge in [0.15, 0.2) is 0 Å². The number of hydrazine groups is 1. The van der Waals surface area contributed by atoms with Gasteiger partial charge in [-0.15, -0.1) is 4.40 Å². The van der Waals surface area contributed by atoms with Gasteiger partial charge in [-0.1, -0.05) is 12.1 Å². The van der Waals surface area contributed by atoms with Crippen LogP contribution in [0, 0.1) is 5.82 Å². The molecule has 1 aromatic rings. The number of hydrogen-bond acceptors (Lipinski definition) is 5. The van der Waals surface area contributed by atoms with Crippen LogP contribution in [0.25, 0.3) is 0 Å². The number of hydrogen-bond donors (Lipinski definition) is 2. The molecule has 0 saturated heterocycles. The minimum absolute atomic E-state index is 0.0176. The molecule has 8 nitrogen and oxygen atoms in total. The summed E-state index contributed by atoms with van der Waals surface area (Å²) in [6, 6.07) is 5.45. The van der Waals surface area contributed by atoms with Crippen LogP contribution in [0.1, 0.15) is 5.56 Å². The van der Waals surface area contributed by atoms with E-state index in [-0.39, 0.29) is 30.1 Å². The van der Waals surface area contributed by atoms with Crippen molar-refractivity contribution in [2.45, 2.75) is 6.42 Å². The van der Waals surface area contributed by atoms with Crippen LogP contribution in [-0.2, 0) is 26.0 Å². The Bertz CT molecular complexity index is 936.